The fourth-order valence-corrected chi connectivity index (χ4v) is 3.36. The van der Waals surface area contributed by atoms with Crippen LogP contribution in [0.25, 0.3) is 0 Å². The van der Waals surface area contributed by atoms with Crippen molar-refractivity contribution in [3.05, 3.63) is 10.4 Å². The van der Waals surface area contributed by atoms with Gasteiger partial charge in [-0.1, -0.05) is 13.8 Å². The second-order valence-electron chi connectivity index (χ2n) is 5.75. The number of esters is 1. The number of hydrogen-bond donors (Lipinski definition) is 2. The normalized spacial score (nSPS) is 15.6. The minimum absolute atomic E-state index is 0.220. The number of thiophene rings is 1. The van der Waals surface area contributed by atoms with Gasteiger partial charge < -0.3 is 15.8 Å². The van der Waals surface area contributed by atoms with Crippen LogP contribution in [0.5, 0.6) is 0 Å². The van der Waals surface area contributed by atoms with Crippen LogP contribution in [0.3, 0.4) is 0 Å². The molecule has 0 atom stereocenters. The molecule has 2 rings (SSSR count). The first-order valence-electron chi connectivity index (χ1n) is 7.18. The van der Waals surface area contributed by atoms with Crippen molar-refractivity contribution in [3.63, 3.8) is 0 Å². The molecular formula is C15H21N3O2S. The zero-order valence-electron chi connectivity index (χ0n) is 12.7. The number of nitrogens with two attached hydrogens (primary N) is 1. The van der Waals surface area contributed by atoms with E-state index in [2.05, 4.69) is 25.2 Å². The topological polar surface area (TPSA) is 88.1 Å². The van der Waals surface area contributed by atoms with Crippen molar-refractivity contribution in [3.8, 4) is 6.07 Å². The lowest BCUT2D eigenvalue weighted by Gasteiger charge is -2.20. The predicted octanol–water partition coefficient (Wildman–Crippen LogP) is 3.23. The van der Waals surface area contributed by atoms with Gasteiger partial charge in [0.25, 0.3) is 0 Å². The summed E-state index contributed by atoms with van der Waals surface area (Å²) in [6.07, 6.45) is 2.40. The van der Waals surface area contributed by atoms with E-state index >= 15 is 0 Å². The highest BCUT2D eigenvalue weighted by atomic mass is 32.1. The highest BCUT2D eigenvalue weighted by Gasteiger charge is 2.45. The number of rotatable bonds is 6. The van der Waals surface area contributed by atoms with Crippen LogP contribution in [-0.2, 0) is 4.74 Å². The lowest BCUT2D eigenvalue weighted by molar-refractivity contribution is 0.0533. The van der Waals surface area contributed by atoms with Gasteiger partial charge in [-0.25, -0.2) is 4.79 Å². The van der Waals surface area contributed by atoms with E-state index in [-0.39, 0.29) is 12.3 Å². The second-order valence-corrected chi connectivity index (χ2v) is 6.77. The molecule has 21 heavy (non-hydrogen) atoms. The third-order valence-electron chi connectivity index (χ3n) is 4.24. The molecule has 1 aromatic rings. The molecule has 1 aliphatic carbocycles. The van der Waals surface area contributed by atoms with Gasteiger partial charge in [0.1, 0.15) is 21.5 Å². The summed E-state index contributed by atoms with van der Waals surface area (Å²) < 4.78 is 4.97. The van der Waals surface area contributed by atoms with Crippen molar-refractivity contribution in [1.29, 1.82) is 5.26 Å². The number of nitriles is 1. The first-order valence-corrected chi connectivity index (χ1v) is 8.00. The van der Waals surface area contributed by atoms with E-state index in [0.717, 1.165) is 6.54 Å². The van der Waals surface area contributed by atoms with Gasteiger partial charge in [-0.15, -0.1) is 11.3 Å². The van der Waals surface area contributed by atoms with E-state index in [1.54, 1.807) is 6.92 Å². The van der Waals surface area contributed by atoms with E-state index in [9.17, 15) is 10.1 Å². The van der Waals surface area contributed by atoms with Crippen LogP contribution in [0.2, 0.25) is 0 Å². The lowest BCUT2D eigenvalue weighted by atomic mass is 9.92. The molecule has 5 nitrogen and oxygen atoms in total. The zero-order chi connectivity index (χ0) is 15.6. The largest absolute Gasteiger partial charge is 0.462 e. The maximum absolute atomic E-state index is 11.8. The molecule has 0 saturated heterocycles. The van der Waals surface area contributed by atoms with Crippen molar-refractivity contribution >= 4 is 28.0 Å². The maximum atomic E-state index is 11.8. The second kappa shape index (κ2) is 5.94. The van der Waals surface area contributed by atoms with Crippen LogP contribution in [-0.4, -0.2) is 19.1 Å². The Bertz CT molecular complexity index is 582. The van der Waals surface area contributed by atoms with Crippen LogP contribution in [0, 0.1) is 22.7 Å². The highest BCUT2D eigenvalue weighted by molar-refractivity contribution is 7.18. The molecular weight excluding hydrogens is 286 g/mol. The number of ether oxygens (including phenoxy) is 1. The molecule has 0 radical (unpaired) electrons. The molecule has 0 aromatic carbocycles. The molecule has 6 heteroatoms. The molecule has 0 unspecified atom stereocenters. The summed E-state index contributed by atoms with van der Waals surface area (Å²) in [6, 6.07) is 2.08. The molecule has 1 heterocycles. The average Bonchev–Trinajstić information content (AvgIpc) is 3.16. The standard InChI is InChI=1S/C15H21N3O2S/c1-4-20-14(19)12-11(17)10(7-16)13(21-12)18-8-15(5-6-15)9(2)3/h9,18H,4-6,8,17H2,1-3H3. The molecule has 0 amide bonds. The Morgan fingerprint density at radius 2 is 2.24 bits per heavy atom. The monoisotopic (exact) mass is 307 g/mol. The molecule has 114 valence electrons. The van der Waals surface area contributed by atoms with E-state index in [1.807, 2.05) is 0 Å². The SMILES string of the molecule is CCOC(=O)c1sc(NCC2(C(C)C)CC2)c(C#N)c1N. The summed E-state index contributed by atoms with van der Waals surface area (Å²) in [4.78, 5) is 12.2. The van der Waals surface area contributed by atoms with Gasteiger partial charge in [0.2, 0.25) is 0 Å². The van der Waals surface area contributed by atoms with E-state index in [1.165, 1.54) is 24.2 Å². The summed E-state index contributed by atoms with van der Waals surface area (Å²) in [5.74, 6) is 0.131. The first-order chi connectivity index (χ1) is 9.95. The summed E-state index contributed by atoms with van der Waals surface area (Å²) in [5.41, 5.74) is 6.79. The number of nitrogen functional groups attached to an aromatic ring is 1. The third-order valence-corrected chi connectivity index (χ3v) is 5.38. The Kier molecular flexibility index (Phi) is 4.43. The van der Waals surface area contributed by atoms with Crippen LogP contribution < -0.4 is 11.1 Å². The summed E-state index contributed by atoms with van der Waals surface area (Å²) >= 11 is 1.21. The Morgan fingerprint density at radius 1 is 1.57 bits per heavy atom. The van der Waals surface area contributed by atoms with Crippen LogP contribution in [0.15, 0.2) is 0 Å². The van der Waals surface area contributed by atoms with E-state index in [0.29, 0.717) is 26.8 Å². The summed E-state index contributed by atoms with van der Waals surface area (Å²) in [5, 5.41) is 13.2. The van der Waals surface area contributed by atoms with Crippen LogP contribution >= 0.6 is 11.3 Å². The molecule has 3 N–H and O–H groups in total. The molecule has 0 spiro atoms. The van der Waals surface area contributed by atoms with E-state index < -0.39 is 5.97 Å². The summed E-state index contributed by atoms with van der Waals surface area (Å²) in [6.45, 7) is 7.27. The molecule has 1 aliphatic rings. The fourth-order valence-electron chi connectivity index (χ4n) is 2.40. The van der Waals surface area contributed by atoms with Crippen LogP contribution in [0.4, 0.5) is 10.7 Å². The number of carbonyl (C=O) groups is 1. The van der Waals surface area contributed by atoms with Crippen molar-refractivity contribution in [2.24, 2.45) is 11.3 Å². The van der Waals surface area contributed by atoms with Gasteiger partial charge in [-0.2, -0.15) is 5.26 Å². The van der Waals surface area contributed by atoms with Gasteiger partial charge in [0, 0.05) is 6.54 Å². The Balaban J connectivity index is 2.18. The first kappa shape index (κ1) is 15.6. The summed E-state index contributed by atoms with van der Waals surface area (Å²) in [7, 11) is 0. The molecule has 0 bridgehead atoms. The van der Waals surface area contributed by atoms with Crippen molar-refractivity contribution in [1.82, 2.24) is 0 Å². The van der Waals surface area contributed by atoms with Gasteiger partial charge in [0.05, 0.1) is 12.3 Å². The van der Waals surface area contributed by atoms with Crippen LogP contribution in [0.1, 0.15) is 48.8 Å². The number of anilines is 2. The Labute approximate surface area is 129 Å². The van der Waals surface area contributed by atoms with Crippen molar-refractivity contribution in [2.45, 2.75) is 33.6 Å². The fraction of sp³-hybridized carbons (Fsp3) is 0.600. The number of hydrogen-bond acceptors (Lipinski definition) is 6. The van der Waals surface area contributed by atoms with E-state index in [4.69, 9.17) is 10.5 Å². The van der Waals surface area contributed by atoms with Gasteiger partial charge in [-0.05, 0) is 31.1 Å². The number of nitrogens with one attached hydrogen (secondary N) is 1. The lowest BCUT2D eigenvalue weighted by Crippen LogP contribution is -2.20. The van der Waals surface area contributed by atoms with Gasteiger partial charge in [-0.3, -0.25) is 0 Å². The molecule has 1 aromatic heterocycles. The average molecular weight is 307 g/mol. The smallest absolute Gasteiger partial charge is 0.350 e. The minimum Gasteiger partial charge on any atom is -0.462 e. The number of nitrogens with zero attached hydrogens (tertiary/aromatic N) is 1. The Hall–Kier alpha value is -1.74. The van der Waals surface area contributed by atoms with Gasteiger partial charge in [0.15, 0.2) is 0 Å². The minimum atomic E-state index is -0.463. The predicted molar refractivity (Wildman–Crippen MR) is 84.4 cm³/mol. The zero-order valence-corrected chi connectivity index (χ0v) is 13.5. The molecule has 1 saturated carbocycles. The van der Waals surface area contributed by atoms with Gasteiger partial charge >= 0.3 is 5.97 Å². The maximum Gasteiger partial charge on any atom is 0.350 e. The Morgan fingerprint density at radius 3 is 2.71 bits per heavy atom. The van der Waals surface area contributed by atoms with Crippen molar-refractivity contribution in [2.75, 3.05) is 24.2 Å². The van der Waals surface area contributed by atoms with Crippen molar-refractivity contribution < 1.29 is 9.53 Å². The quantitative estimate of drug-likeness (QED) is 0.788. The highest BCUT2D eigenvalue weighted by Crippen LogP contribution is 2.52. The molecule has 1 fully saturated rings. The number of carbonyl (C=O) groups excluding carboxylic acids is 1. The molecule has 0 aliphatic heterocycles. The third kappa shape index (κ3) is 2.98.